The molecule has 121 heavy (non-hydrogen) atoms. The minimum absolute atomic E-state index is 0.0219. The quantitative estimate of drug-likeness (QED) is 0.00743. The number of allylic oxidation sites excluding steroid dienone is 4. The highest BCUT2D eigenvalue weighted by atomic mass is 31.2. The van der Waals surface area contributed by atoms with E-state index in [1.54, 1.807) is 20.8 Å². The van der Waals surface area contributed by atoms with Crippen LogP contribution in [-0.2, 0) is 79.7 Å². The topological polar surface area (TPSA) is 337 Å². The van der Waals surface area contributed by atoms with Crippen LogP contribution in [0.25, 0.3) is 0 Å². The Morgan fingerprint density at radius 3 is 0.992 bits per heavy atom. The summed E-state index contributed by atoms with van der Waals surface area (Å²) in [7, 11) is -9.68. The van der Waals surface area contributed by atoms with E-state index in [1.165, 1.54) is 141 Å². The summed E-state index contributed by atoms with van der Waals surface area (Å²) in [6.45, 7) is 16.1. The van der Waals surface area contributed by atoms with E-state index in [1.807, 2.05) is 0 Å². The van der Waals surface area contributed by atoms with E-state index >= 15 is 0 Å². The van der Waals surface area contributed by atoms with Crippen molar-refractivity contribution in [2.45, 2.75) is 458 Å². The molecule has 0 aliphatic heterocycles. The number of carbonyl (C=O) groups is 7. The third-order valence-corrected chi connectivity index (χ3v) is 23.1. The SMILES string of the molecule is CCCCCCC=CCCCC(=O)O[C@H](CCCCCCC)CCOCC(COP(=O)(O)OCCNC(=O)C(CCCCNC(=O)OC(C)(C)C)C(=O)NCCOP(=O)(O)OCC(COCC[C@@H](CCCCCCC)OC(=O)CCCC=CCCCCCC)NC(=O)CCCCCCCCCCCCC)NC(=O)CCCCCCCCCCCCC. The highest BCUT2D eigenvalue weighted by Gasteiger charge is 2.30. The number of nitrogens with one attached hydrogen (secondary N) is 5. The van der Waals surface area contributed by atoms with Crippen molar-refractivity contribution in [3.63, 3.8) is 0 Å². The molecule has 0 saturated heterocycles. The summed E-state index contributed by atoms with van der Waals surface area (Å²) in [4.78, 5) is 115. The van der Waals surface area contributed by atoms with E-state index in [2.05, 4.69) is 92.4 Å². The molecular weight excluding hydrogens is 1580 g/mol. The Morgan fingerprint density at radius 2 is 0.645 bits per heavy atom. The molecule has 6 atom stereocenters. The molecule has 0 spiro atoms. The Hall–Kier alpha value is -4.29. The van der Waals surface area contributed by atoms with Crippen LogP contribution in [-0.4, -0.2) is 154 Å². The number of phosphoric acid groups is 2. The fourth-order valence-electron chi connectivity index (χ4n) is 13.9. The first-order valence-electron chi connectivity index (χ1n) is 48.6. The van der Waals surface area contributed by atoms with E-state index in [0.29, 0.717) is 70.6 Å². The lowest BCUT2D eigenvalue weighted by molar-refractivity contribution is -0.151. The second-order valence-electron chi connectivity index (χ2n) is 34.1. The maximum atomic E-state index is 13.9. The van der Waals surface area contributed by atoms with Crippen LogP contribution >= 0.6 is 15.6 Å². The van der Waals surface area contributed by atoms with Crippen LogP contribution in [0, 0.1) is 5.92 Å². The first-order valence-corrected chi connectivity index (χ1v) is 51.6. The van der Waals surface area contributed by atoms with Crippen molar-refractivity contribution in [1.29, 1.82) is 0 Å². The lowest BCUT2D eigenvalue weighted by atomic mass is 9.99. The molecule has 0 rings (SSSR count). The Bertz CT molecular complexity index is 2520. The number of esters is 2. The predicted molar refractivity (Wildman–Crippen MR) is 488 cm³/mol. The van der Waals surface area contributed by atoms with Gasteiger partial charge in [-0.2, -0.15) is 0 Å². The standard InChI is InChI=1S/C94H179N5O20P2/c1-10-16-22-28-32-36-38-42-44-50-56-65-87(100)98-82(78-111-74-69-84(62-54-48-26-20-14-5)117-89(102)67-58-52-46-40-34-30-24-18-12-3)80-115-120(107,108)113-76-72-95-91(104)86(64-60-61-71-97-93(106)119-94(7,8)9)92(105)96-73-77-114-121(109,110)116-81-83(99-88(101)66-57-51-45-43-39-37-33-29-23-17-11-2)79-112-75-70-85(63-55-49-27-21-15-6)118-90(103)68-59-53-47-41-35-31-25-19-13-4/h40-41,46-47,82-86H,10-39,42-45,48-81H2,1-9H3,(H,95,104)(H,96,105)(H,97,106)(H,98,100)(H,99,101)(H,107,108)(H,109,110)/t82?,83?,84-,85-,86?/m1/s1. The zero-order valence-corrected chi connectivity index (χ0v) is 79.7. The van der Waals surface area contributed by atoms with Gasteiger partial charge in [-0.1, -0.05) is 291 Å². The van der Waals surface area contributed by atoms with Crippen molar-refractivity contribution in [3.8, 4) is 0 Å². The molecule has 7 N–H and O–H groups in total. The maximum absolute atomic E-state index is 13.9. The van der Waals surface area contributed by atoms with Gasteiger partial charge in [0.2, 0.25) is 23.6 Å². The molecule has 0 fully saturated rings. The fourth-order valence-corrected chi connectivity index (χ4v) is 15.4. The molecule has 0 aromatic rings. The molecule has 0 saturated carbocycles. The minimum Gasteiger partial charge on any atom is -0.462 e. The number of phosphoric ester groups is 2. The third-order valence-electron chi connectivity index (χ3n) is 21.1. The molecule has 25 nitrogen and oxygen atoms in total. The van der Waals surface area contributed by atoms with Crippen LogP contribution in [0.15, 0.2) is 24.3 Å². The fraction of sp³-hybridized carbons (Fsp3) is 0.883. The molecule has 0 radical (unpaired) electrons. The first kappa shape index (κ1) is 117. The molecule has 5 amide bonds. The van der Waals surface area contributed by atoms with Gasteiger partial charge < -0.3 is 60.1 Å². The summed E-state index contributed by atoms with van der Waals surface area (Å²) in [6.07, 6.45) is 61.1. The molecule has 0 aromatic carbocycles. The summed E-state index contributed by atoms with van der Waals surface area (Å²) in [5.74, 6) is -3.93. The molecular formula is C94H179N5O20P2. The molecule has 27 heteroatoms. The van der Waals surface area contributed by atoms with Crippen molar-refractivity contribution in [3.05, 3.63) is 24.3 Å². The van der Waals surface area contributed by atoms with Gasteiger partial charge in [-0.05, 0) is 124 Å². The lowest BCUT2D eigenvalue weighted by Gasteiger charge is -2.22. The van der Waals surface area contributed by atoms with Gasteiger partial charge in [-0.3, -0.25) is 46.9 Å². The Balaban J connectivity index is 6.25. The van der Waals surface area contributed by atoms with Crippen molar-refractivity contribution < 1.29 is 94.3 Å². The molecule has 0 heterocycles. The number of hydrogen-bond donors (Lipinski definition) is 7. The Labute approximate surface area is 735 Å². The van der Waals surface area contributed by atoms with Crippen molar-refractivity contribution in [2.75, 3.05) is 72.5 Å². The number of rotatable bonds is 89. The van der Waals surface area contributed by atoms with Crippen LogP contribution in [0.4, 0.5) is 4.79 Å². The largest absolute Gasteiger partial charge is 0.472 e. The van der Waals surface area contributed by atoms with Crippen molar-refractivity contribution in [1.82, 2.24) is 26.6 Å². The highest BCUT2D eigenvalue weighted by Crippen LogP contribution is 2.44. The summed E-state index contributed by atoms with van der Waals surface area (Å²) >= 11 is 0. The van der Waals surface area contributed by atoms with Crippen LogP contribution in [0.1, 0.15) is 428 Å². The van der Waals surface area contributed by atoms with Crippen LogP contribution in [0.5, 0.6) is 0 Å². The van der Waals surface area contributed by atoms with Gasteiger partial charge in [-0.15, -0.1) is 0 Å². The maximum Gasteiger partial charge on any atom is 0.472 e. The number of hydrogen-bond acceptors (Lipinski definition) is 18. The Morgan fingerprint density at radius 1 is 0.331 bits per heavy atom. The predicted octanol–water partition coefficient (Wildman–Crippen LogP) is 22.9. The molecule has 0 aliphatic carbocycles. The van der Waals surface area contributed by atoms with Gasteiger partial charge in [0.05, 0.1) is 64.9 Å². The summed E-state index contributed by atoms with van der Waals surface area (Å²) in [6, 6.07) is -1.73. The smallest absolute Gasteiger partial charge is 0.462 e. The van der Waals surface area contributed by atoms with Crippen molar-refractivity contribution in [2.24, 2.45) is 5.92 Å². The number of alkyl carbamates (subject to hydrolysis) is 1. The average Bonchev–Trinajstić information content (AvgIpc) is 0.899. The summed E-state index contributed by atoms with van der Waals surface area (Å²) < 4.78 is 78.1. The second-order valence-corrected chi connectivity index (χ2v) is 37.0. The molecule has 0 aromatic heterocycles. The monoisotopic (exact) mass is 1760 g/mol. The van der Waals surface area contributed by atoms with E-state index in [9.17, 15) is 52.5 Å². The van der Waals surface area contributed by atoms with Gasteiger partial charge in [-0.25, -0.2) is 13.9 Å². The van der Waals surface area contributed by atoms with E-state index in [0.717, 1.165) is 128 Å². The zero-order chi connectivity index (χ0) is 89.2. The molecule has 0 bridgehead atoms. The van der Waals surface area contributed by atoms with Crippen LogP contribution in [0.3, 0.4) is 0 Å². The summed E-state index contributed by atoms with van der Waals surface area (Å²) in [5.41, 5.74) is -0.739. The third kappa shape index (κ3) is 80.1. The van der Waals surface area contributed by atoms with E-state index in [-0.39, 0.29) is 108 Å². The van der Waals surface area contributed by atoms with Gasteiger partial charge in [0.1, 0.15) is 23.7 Å². The normalized spacial score (nSPS) is 14.1. The van der Waals surface area contributed by atoms with E-state index in [4.69, 9.17) is 41.8 Å². The van der Waals surface area contributed by atoms with Gasteiger partial charge in [0.15, 0.2) is 0 Å². The van der Waals surface area contributed by atoms with E-state index < -0.39 is 83.6 Å². The van der Waals surface area contributed by atoms with Crippen LogP contribution < -0.4 is 26.6 Å². The van der Waals surface area contributed by atoms with Gasteiger partial charge in [0, 0.05) is 58.2 Å². The van der Waals surface area contributed by atoms with Crippen LogP contribution in [0.2, 0.25) is 0 Å². The minimum atomic E-state index is -4.84. The van der Waals surface area contributed by atoms with Gasteiger partial charge in [0.25, 0.3) is 0 Å². The lowest BCUT2D eigenvalue weighted by Crippen LogP contribution is -2.43. The molecule has 4 unspecified atom stereocenters. The second kappa shape index (κ2) is 82.7. The summed E-state index contributed by atoms with van der Waals surface area (Å²) in [5, 5.41) is 13.7. The zero-order valence-electron chi connectivity index (χ0n) is 77.9. The van der Waals surface area contributed by atoms with Crippen molar-refractivity contribution >= 4 is 57.3 Å². The van der Waals surface area contributed by atoms with Gasteiger partial charge >= 0.3 is 33.7 Å². The highest BCUT2D eigenvalue weighted by molar-refractivity contribution is 7.47. The molecule has 0 aliphatic rings. The average molecular weight is 1760 g/mol. The number of amides is 5. The Kier molecular flexibility index (Phi) is 79.7. The number of carbonyl (C=O) groups excluding carboxylic acids is 7. The number of unbranched alkanes of at least 4 members (excludes halogenated alkanes) is 39. The number of ether oxygens (including phenoxy) is 5. The first-order chi connectivity index (χ1) is 58.4. The molecule has 710 valence electrons.